The first-order valence-corrected chi connectivity index (χ1v) is 10.2. The molecule has 2 amide bonds. The summed E-state index contributed by atoms with van der Waals surface area (Å²) < 4.78 is 0. The predicted molar refractivity (Wildman–Crippen MR) is 111 cm³/mol. The number of hydrogen-bond acceptors (Lipinski definition) is 2. The number of aryl methyl sites for hydroxylation is 1. The van der Waals surface area contributed by atoms with Gasteiger partial charge in [-0.3, -0.25) is 9.59 Å². The summed E-state index contributed by atoms with van der Waals surface area (Å²) >= 11 is 0. The molecule has 2 heterocycles. The molecule has 2 aliphatic rings. The molecule has 0 spiro atoms. The molecule has 2 unspecified atom stereocenters. The Morgan fingerprint density at radius 2 is 1.86 bits per heavy atom. The van der Waals surface area contributed by atoms with Crippen molar-refractivity contribution in [2.45, 2.75) is 39.7 Å². The van der Waals surface area contributed by atoms with E-state index < -0.39 is 0 Å². The maximum Gasteiger partial charge on any atom is 0.228 e. The molecular formula is C24H28N2O2. The molecule has 1 saturated heterocycles. The lowest BCUT2D eigenvalue weighted by Gasteiger charge is -2.41. The summed E-state index contributed by atoms with van der Waals surface area (Å²) in [5.41, 5.74) is 4.77. The van der Waals surface area contributed by atoms with Crippen molar-refractivity contribution < 1.29 is 9.59 Å². The number of para-hydroxylation sites is 1. The van der Waals surface area contributed by atoms with Crippen LogP contribution < -0.4 is 4.90 Å². The van der Waals surface area contributed by atoms with E-state index in [2.05, 4.69) is 39.0 Å². The first-order valence-electron chi connectivity index (χ1n) is 10.2. The standard InChI is InChI=1S/C24H28N2O2/c1-16(2)23-21-10-9-17(3)13-18(21)11-12-25(23)24(28)19-14-22(27)26(15-19)20-7-5-4-6-8-20/h4-10,13,16,19,23H,11-12,14-15H2,1-3H3. The second kappa shape index (κ2) is 7.42. The van der Waals surface area contributed by atoms with Gasteiger partial charge in [-0.2, -0.15) is 0 Å². The van der Waals surface area contributed by atoms with Crippen molar-refractivity contribution in [3.05, 3.63) is 65.2 Å². The van der Waals surface area contributed by atoms with E-state index in [1.807, 2.05) is 35.2 Å². The molecule has 2 aromatic rings. The van der Waals surface area contributed by atoms with Gasteiger partial charge in [0.15, 0.2) is 0 Å². The van der Waals surface area contributed by atoms with Gasteiger partial charge in [0.25, 0.3) is 0 Å². The van der Waals surface area contributed by atoms with Crippen LogP contribution in [0.5, 0.6) is 0 Å². The van der Waals surface area contributed by atoms with Crippen LogP contribution in [0.15, 0.2) is 48.5 Å². The Kier molecular flexibility index (Phi) is 4.96. The van der Waals surface area contributed by atoms with E-state index in [0.717, 1.165) is 18.7 Å². The predicted octanol–water partition coefficient (Wildman–Crippen LogP) is 4.13. The Morgan fingerprint density at radius 1 is 1.11 bits per heavy atom. The van der Waals surface area contributed by atoms with Gasteiger partial charge in [-0.05, 0) is 42.5 Å². The van der Waals surface area contributed by atoms with E-state index in [-0.39, 0.29) is 23.8 Å². The van der Waals surface area contributed by atoms with Gasteiger partial charge in [0, 0.05) is 25.2 Å². The van der Waals surface area contributed by atoms with Gasteiger partial charge in [0.1, 0.15) is 0 Å². The summed E-state index contributed by atoms with van der Waals surface area (Å²) in [6.07, 6.45) is 1.19. The van der Waals surface area contributed by atoms with Gasteiger partial charge in [-0.1, -0.05) is 55.8 Å². The summed E-state index contributed by atoms with van der Waals surface area (Å²) in [5, 5.41) is 0. The molecule has 2 aromatic carbocycles. The number of rotatable bonds is 3. The van der Waals surface area contributed by atoms with E-state index in [4.69, 9.17) is 0 Å². The Labute approximate surface area is 167 Å². The highest BCUT2D eigenvalue weighted by atomic mass is 16.2. The molecule has 0 aliphatic carbocycles. The van der Waals surface area contributed by atoms with Gasteiger partial charge in [-0.25, -0.2) is 0 Å². The number of carbonyl (C=O) groups excluding carboxylic acids is 2. The lowest BCUT2D eigenvalue weighted by Crippen LogP contribution is -2.45. The third-order valence-corrected chi connectivity index (χ3v) is 6.03. The molecule has 2 atom stereocenters. The van der Waals surface area contributed by atoms with Crippen LogP contribution in [0.1, 0.15) is 43.0 Å². The Morgan fingerprint density at radius 3 is 2.57 bits per heavy atom. The van der Waals surface area contributed by atoms with E-state index >= 15 is 0 Å². The minimum Gasteiger partial charge on any atom is -0.335 e. The molecule has 0 saturated carbocycles. The highest BCUT2D eigenvalue weighted by Crippen LogP contribution is 2.38. The third kappa shape index (κ3) is 3.32. The Balaban J connectivity index is 1.58. The minimum absolute atomic E-state index is 0.0404. The second-order valence-corrected chi connectivity index (χ2v) is 8.41. The molecule has 4 rings (SSSR count). The number of hydrogen-bond donors (Lipinski definition) is 0. The third-order valence-electron chi connectivity index (χ3n) is 6.03. The molecule has 28 heavy (non-hydrogen) atoms. The second-order valence-electron chi connectivity index (χ2n) is 8.41. The van der Waals surface area contributed by atoms with Crippen LogP contribution in [0.4, 0.5) is 5.69 Å². The fourth-order valence-electron chi connectivity index (χ4n) is 4.72. The highest BCUT2D eigenvalue weighted by Gasteiger charge is 2.41. The summed E-state index contributed by atoms with van der Waals surface area (Å²) in [7, 11) is 0. The van der Waals surface area contributed by atoms with Gasteiger partial charge in [0.2, 0.25) is 11.8 Å². The Bertz CT molecular complexity index is 891. The van der Waals surface area contributed by atoms with Gasteiger partial charge >= 0.3 is 0 Å². The van der Waals surface area contributed by atoms with Gasteiger partial charge in [0.05, 0.1) is 12.0 Å². The fourth-order valence-corrected chi connectivity index (χ4v) is 4.72. The van der Waals surface area contributed by atoms with Crippen LogP contribution >= 0.6 is 0 Å². The van der Waals surface area contributed by atoms with Crippen molar-refractivity contribution in [1.29, 1.82) is 0 Å². The number of fused-ring (bicyclic) bond motifs is 1. The van der Waals surface area contributed by atoms with Crippen molar-refractivity contribution in [3.63, 3.8) is 0 Å². The lowest BCUT2D eigenvalue weighted by atomic mass is 9.84. The molecule has 0 aromatic heterocycles. The number of nitrogens with zero attached hydrogens (tertiary/aromatic N) is 2. The van der Waals surface area contributed by atoms with Gasteiger partial charge < -0.3 is 9.80 Å². The smallest absolute Gasteiger partial charge is 0.228 e. The molecule has 4 nitrogen and oxygen atoms in total. The van der Waals surface area contributed by atoms with Crippen molar-refractivity contribution in [2.24, 2.45) is 11.8 Å². The highest BCUT2D eigenvalue weighted by molar-refractivity contribution is 6.00. The zero-order valence-corrected chi connectivity index (χ0v) is 16.9. The summed E-state index contributed by atoms with van der Waals surface area (Å²) in [6, 6.07) is 16.3. The summed E-state index contributed by atoms with van der Waals surface area (Å²) in [4.78, 5) is 29.8. The van der Waals surface area contributed by atoms with E-state index in [1.54, 1.807) is 4.90 Å². The molecule has 4 heteroatoms. The number of amides is 2. The SMILES string of the molecule is Cc1ccc2c(c1)CCN(C(=O)C1CC(=O)N(c3ccccc3)C1)C2C(C)C. The van der Waals surface area contributed by atoms with Crippen molar-refractivity contribution in [3.8, 4) is 0 Å². The topological polar surface area (TPSA) is 40.6 Å². The molecule has 0 bridgehead atoms. The number of anilines is 1. The maximum absolute atomic E-state index is 13.5. The fraction of sp³-hybridized carbons (Fsp3) is 0.417. The first-order chi connectivity index (χ1) is 13.5. The molecule has 0 N–H and O–H groups in total. The van der Waals surface area contributed by atoms with E-state index in [0.29, 0.717) is 18.9 Å². The van der Waals surface area contributed by atoms with Crippen LogP contribution in [0.3, 0.4) is 0 Å². The van der Waals surface area contributed by atoms with Crippen LogP contribution in [0.2, 0.25) is 0 Å². The average Bonchev–Trinajstić information content (AvgIpc) is 3.08. The average molecular weight is 377 g/mol. The Hall–Kier alpha value is -2.62. The van der Waals surface area contributed by atoms with Crippen LogP contribution in [0, 0.1) is 18.8 Å². The largest absolute Gasteiger partial charge is 0.335 e. The molecule has 2 aliphatic heterocycles. The summed E-state index contributed by atoms with van der Waals surface area (Å²) in [6.45, 7) is 7.67. The van der Waals surface area contributed by atoms with Crippen molar-refractivity contribution >= 4 is 17.5 Å². The van der Waals surface area contributed by atoms with Crippen molar-refractivity contribution in [2.75, 3.05) is 18.0 Å². The van der Waals surface area contributed by atoms with Crippen molar-refractivity contribution in [1.82, 2.24) is 4.90 Å². The molecule has 0 radical (unpaired) electrons. The number of benzene rings is 2. The number of carbonyl (C=O) groups is 2. The maximum atomic E-state index is 13.5. The van der Waals surface area contributed by atoms with E-state index in [9.17, 15) is 9.59 Å². The normalized spacial score (nSPS) is 21.9. The van der Waals surface area contributed by atoms with Crippen LogP contribution in [-0.2, 0) is 16.0 Å². The molecule has 1 fully saturated rings. The minimum atomic E-state index is -0.263. The monoisotopic (exact) mass is 376 g/mol. The summed E-state index contributed by atoms with van der Waals surface area (Å²) in [5.74, 6) is 0.226. The zero-order valence-electron chi connectivity index (χ0n) is 16.9. The van der Waals surface area contributed by atoms with Gasteiger partial charge in [-0.15, -0.1) is 0 Å². The molecule has 146 valence electrons. The van der Waals surface area contributed by atoms with E-state index in [1.165, 1.54) is 16.7 Å². The molecular weight excluding hydrogens is 348 g/mol. The first kappa shape index (κ1) is 18.7. The van der Waals surface area contributed by atoms with Crippen LogP contribution in [0.25, 0.3) is 0 Å². The zero-order chi connectivity index (χ0) is 19.8. The van der Waals surface area contributed by atoms with Crippen LogP contribution in [-0.4, -0.2) is 29.8 Å². The quantitative estimate of drug-likeness (QED) is 0.808. The lowest BCUT2D eigenvalue weighted by molar-refractivity contribution is -0.139.